The second kappa shape index (κ2) is 6.93. The lowest BCUT2D eigenvalue weighted by molar-refractivity contribution is 0.404. The molecule has 2 aromatic rings. The molecule has 2 N–H and O–H groups in total. The third-order valence-electron chi connectivity index (χ3n) is 4.05. The Morgan fingerprint density at radius 2 is 1.82 bits per heavy atom. The average Bonchev–Trinajstić information content (AvgIpc) is 2.52. The Labute approximate surface area is 133 Å². The maximum absolute atomic E-state index is 6.06. The minimum Gasteiger partial charge on any atom is -0.496 e. The number of nitrogens with zero attached hydrogens (tertiary/aromatic N) is 1. The quantitative estimate of drug-likeness (QED) is 0.916. The molecule has 1 atom stereocenters. The number of pyridine rings is 1. The summed E-state index contributed by atoms with van der Waals surface area (Å²) in [6.07, 6.45) is 4.54. The topological polar surface area (TPSA) is 48.1 Å². The van der Waals surface area contributed by atoms with Crippen molar-refractivity contribution in [2.75, 3.05) is 13.7 Å². The summed E-state index contributed by atoms with van der Waals surface area (Å²) in [7, 11) is 1.72. The van der Waals surface area contributed by atoms with Gasteiger partial charge in [-0.15, -0.1) is 0 Å². The maximum Gasteiger partial charge on any atom is 0.122 e. The largest absolute Gasteiger partial charge is 0.496 e. The summed E-state index contributed by atoms with van der Waals surface area (Å²) in [5, 5.41) is 0. The molecule has 118 valence electrons. The first-order valence-electron chi connectivity index (χ1n) is 7.73. The van der Waals surface area contributed by atoms with Crippen LogP contribution in [0.1, 0.15) is 43.4 Å². The lowest BCUT2D eigenvalue weighted by Gasteiger charge is -2.24. The van der Waals surface area contributed by atoms with Crippen LogP contribution in [0.2, 0.25) is 0 Å². The van der Waals surface area contributed by atoms with E-state index in [2.05, 4.69) is 44.0 Å². The summed E-state index contributed by atoms with van der Waals surface area (Å²) < 4.78 is 5.57. The van der Waals surface area contributed by atoms with E-state index in [0.717, 1.165) is 12.2 Å². The Bertz CT molecular complexity index is 603. The van der Waals surface area contributed by atoms with Crippen molar-refractivity contribution in [2.24, 2.45) is 5.73 Å². The van der Waals surface area contributed by atoms with E-state index < -0.39 is 0 Å². The van der Waals surface area contributed by atoms with Crippen LogP contribution in [0.3, 0.4) is 0 Å². The summed E-state index contributed by atoms with van der Waals surface area (Å²) in [4.78, 5) is 4.08. The number of hydrogen-bond donors (Lipinski definition) is 1. The summed E-state index contributed by atoms with van der Waals surface area (Å²) in [5.74, 6) is 1.15. The van der Waals surface area contributed by atoms with Crippen LogP contribution in [0.15, 0.2) is 42.7 Å². The minimum absolute atomic E-state index is 0.108. The molecule has 3 heteroatoms. The number of rotatable bonds is 5. The van der Waals surface area contributed by atoms with Gasteiger partial charge in [0.1, 0.15) is 5.75 Å². The molecule has 2 rings (SSSR count). The van der Waals surface area contributed by atoms with Gasteiger partial charge in [0.25, 0.3) is 0 Å². The van der Waals surface area contributed by atoms with E-state index in [0.29, 0.717) is 6.54 Å². The fourth-order valence-corrected chi connectivity index (χ4v) is 2.64. The van der Waals surface area contributed by atoms with Crippen LogP contribution >= 0.6 is 0 Å². The zero-order chi connectivity index (χ0) is 16.2. The van der Waals surface area contributed by atoms with E-state index in [-0.39, 0.29) is 11.3 Å². The van der Waals surface area contributed by atoms with Gasteiger partial charge in [0.15, 0.2) is 0 Å². The van der Waals surface area contributed by atoms with Crippen LogP contribution in [0.4, 0.5) is 0 Å². The lowest BCUT2D eigenvalue weighted by Crippen LogP contribution is -2.18. The number of ether oxygens (including phenoxy) is 1. The highest BCUT2D eigenvalue weighted by molar-refractivity contribution is 5.42. The van der Waals surface area contributed by atoms with Crippen molar-refractivity contribution >= 4 is 0 Å². The second-order valence-electron chi connectivity index (χ2n) is 6.70. The highest BCUT2D eigenvalue weighted by Gasteiger charge is 2.20. The van der Waals surface area contributed by atoms with E-state index in [1.807, 2.05) is 24.5 Å². The van der Waals surface area contributed by atoms with Crippen molar-refractivity contribution in [1.82, 2.24) is 4.98 Å². The Hall–Kier alpha value is -1.87. The molecule has 0 saturated carbocycles. The number of hydrogen-bond acceptors (Lipinski definition) is 3. The molecule has 0 amide bonds. The third kappa shape index (κ3) is 3.86. The normalized spacial score (nSPS) is 13.0. The van der Waals surface area contributed by atoms with Gasteiger partial charge in [-0.05, 0) is 53.3 Å². The first-order chi connectivity index (χ1) is 10.5. The number of aromatic nitrogens is 1. The molecule has 0 saturated heterocycles. The molecule has 0 aliphatic rings. The number of methoxy groups -OCH3 is 1. The van der Waals surface area contributed by atoms with E-state index in [4.69, 9.17) is 10.5 Å². The van der Waals surface area contributed by atoms with Gasteiger partial charge in [0, 0.05) is 18.3 Å². The highest BCUT2D eigenvalue weighted by Crippen LogP contribution is 2.33. The first kappa shape index (κ1) is 16.5. The Balaban J connectivity index is 2.38. The first-order valence-corrected chi connectivity index (χ1v) is 7.73. The minimum atomic E-state index is 0.108. The summed E-state index contributed by atoms with van der Waals surface area (Å²) >= 11 is 0. The van der Waals surface area contributed by atoms with E-state index in [9.17, 15) is 0 Å². The van der Waals surface area contributed by atoms with Crippen molar-refractivity contribution in [3.8, 4) is 5.75 Å². The maximum atomic E-state index is 6.06. The van der Waals surface area contributed by atoms with Gasteiger partial charge < -0.3 is 10.5 Å². The van der Waals surface area contributed by atoms with E-state index >= 15 is 0 Å². The molecule has 1 aromatic carbocycles. The van der Waals surface area contributed by atoms with Crippen LogP contribution in [0, 0.1) is 0 Å². The van der Waals surface area contributed by atoms with Crippen molar-refractivity contribution < 1.29 is 4.74 Å². The van der Waals surface area contributed by atoms with Crippen molar-refractivity contribution in [2.45, 2.75) is 38.5 Å². The average molecular weight is 298 g/mol. The fourth-order valence-electron chi connectivity index (χ4n) is 2.64. The van der Waals surface area contributed by atoms with Crippen LogP contribution in [-0.2, 0) is 11.8 Å². The van der Waals surface area contributed by atoms with Crippen molar-refractivity contribution in [1.29, 1.82) is 0 Å². The third-order valence-corrected chi connectivity index (χ3v) is 4.05. The molecular formula is C19H26N2O. The second-order valence-corrected chi connectivity index (χ2v) is 6.70. The van der Waals surface area contributed by atoms with Crippen LogP contribution in [0.5, 0.6) is 5.75 Å². The molecule has 1 heterocycles. The van der Waals surface area contributed by atoms with Crippen molar-refractivity contribution in [3.63, 3.8) is 0 Å². The fraction of sp³-hybridized carbons (Fsp3) is 0.421. The van der Waals surface area contributed by atoms with Crippen LogP contribution < -0.4 is 10.5 Å². The van der Waals surface area contributed by atoms with Gasteiger partial charge in [-0.1, -0.05) is 32.9 Å². The summed E-state index contributed by atoms with van der Waals surface area (Å²) in [6, 6.07) is 10.5. The molecule has 1 unspecified atom stereocenters. The molecule has 22 heavy (non-hydrogen) atoms. The molecule has 0 radical (unpaired) electrons. The molecule has 0 aliphatic heterocycles. The van der Waals surface area contributed by atoms with Gasteiger partial charge in [-0.3, -0.25) is 4.98 Å². The Kier molecular flexibility index (Phi) is 5.19. The Morgan fingerprint density at radius 3 is 2.36 bits per heavy atom. The molecule has 0 fully saturated rings. The highest BCUT2D eigenvalue weighted by atomic mass is 16.5. The molecule has 0 spiro atoms. The molecule has 3 nitrogen and oxygen atoms in total. The standard InChI is InChI=1S/C19H26N2O/c1-19(2,3)16-5-6-18(22-4)17(12-16)15(13-20)11-14-7-9-21-10-8-14/h5-10,12,15H,11,13,20H2,1-4H3. The van der Waals surface area contributed by atoms with Crippen molar-refractivity contribution in [3.05, 3.63) is 59.4 Å². The predicted molar refractivity (Wildman–Crippen MR) is 91.4 cm³/mol. The number of benzene rings is 1. The van der Waals surface area contributed by atoms with Gasteiger partial charge in [0.2, 0.25) is 0 Å². The Morgan fingerprint density at radius 1 is 1.14 bits per heavy atom. The molecule has 0 bridgehead atoms. The summed E-state index contributed by atoms with van der Waals surface area (Å²) in [6.45, 7) is 7.25. The van der Waals surface area contributed by atoms with Crippen LogP contribution in [0.25, 0.3) is 0 Å². The van der Waals surface area contributed by atoms with Crippen LogP contribution in [-0.4, -0.2) is 18.6 Å². The SMILES string of the molecule is COc1ccc(C(C)(C)C)cc1C(CN)Cc1ccncc1. The van der Waals surface area contributed by atoms with E-state index in [1.54, 1.807) is 7.11 Å². The van der Waals surface area contributed by atoms with Gasteiger partial charge in [0.05, 0.1) is 7.11 Å². The predicted octanol–water partition coefficient (Wildman–Crippen LogP) is 3.67. The summed E-state index contributed by atoms with van der Waals surface area (Å²) in [5.41, 5.74) is 9.91. The molecule has 0 aliphatic carbocycles. The van der Waals surface area contributed by atoms with Gasteiger partial charge >= 0.3 is 0 Å². The zero-order valence-corrected chi connectivity index (χ0v) is 14.0. The zero-order valence-electron chi connectivity index (χ0n) is 14.0. The van der Waals surface area contributed by atoms with Gasteiger partial charge in [-0.2, -0.15) is 0 Å². The van der Waals surface area contributed by atoms with Gasteiger partial charge in [-0.25, -0.2) is 0 Å². The smallest absolute Gasteiger partial charge is 0.122 e. The molecule has 1 aromatic heterocycles. The molecular weight excluding hydrogens is 272 g/mol. The lowest BCUT2D eigenvalue weighted by atomic mass is 9.83. The monoisotopic (exact) mass is 298 g/mol. The number of nitrogens with two attached hydrogens (primary N) is 1. The van der Waals surface area contributed by atoms with E-state index in [1.165, 1.54) is 16.7 Å².